The van der Waals surface area contributed by atoms with Crippen LogP contribution in [0.3, 0.4) is 0 Å². The van der Waals surface area contributed by atoms with Crippen molar-refractivity contribution >= 4 is 23.5 Å². The lowest BCUT2D eigenvalue weighted by atomic mass is 10.1. The molecule has 0 aliphatic rings. The maximum atomic E-state index is 12.2. The Morgan fingerprint density at radius 3 is 2.48 bits per heavy atom. The Morgan fingerprint density at radius 1 is 1.09 bits per heavy atom. The minimum atomic E-state index is -0.0193. The summed E-state index contributed by atoms with van der Waals surface area (Å²) in [6.07, 6.45) is 8.80. The fourth-order valence-corrected chi connectivity index (χ4v) is 2.33. The topological polar surface area (TPSA) is 34.9 Å². The molecule has 1 aromatic heterocycles. The van der Waals surface area contributed by atoms with Crippen LogP contribution in [0.15, 0.2) is 73.3 Å². The molecule has 0 radical (unpaired) electrons. The first-order valence-corrected chi connectivity index (χ1v) is 7.61. The van der Waals surface area contributed by atoms with Gasteiger partial charge in [0.05, 0.1) is 6.33 Å². The number of allylic oxidation sites excluding steroid dienone is 1. The Morgan fingerprint density at radius 2 is 1.83 bits per heavy atom. The molecule has 0 unspecified atom stereocenters. The molecule has 3 rings (SSSR count). The van der Waals surface area contributed by atoms with Gasteiger partial charge in [-0.1, -0.05) is 54.1 Å². The molecule has 0 N–H and O–H groups in total. The maximum Gasteiger partial charge on any atom is 0.185 e. The van der Waals surface area contributed by atoms with Crippen molar-refractivity contribution in [2.24, 2.45) is 0 Å². The highest BCUT2D eigenvalue weighted by molar-refractivity contribution is 6.30. The van der Waals surface area contributed by atoms with Gasteiger partial charge in [-0.2, -0.15) is 0 Å². The van der Waals surface area contributed by atoms with Crippen LogP contribution in [-0.4, -0.2) is 15.3 Å². The second kappa shape index (κ2) is 7.07. The first-order valence-electron chi connectivity index (χ1n) is 7.23. The van der Waals surface area contributed by atoms with Crippen molar-refractivity contribution in [1.29, 1.82) is 0 Å². The Balaban J connectivity index is 1.66. The average Bonchev–Trinajstić information content (AvgIpc) is 3.08. The number of halogens is 1. The van der Waals surface area contributed by atoms with Crippen LogP contribution in [0, 0.1) is 0 Å². The second-order valence-electron chi connectivity index (χ2n) is 5.18. The molecular weight excluding hydrogens is 308 g/mol. The third-order valence-corrected chi connectivity index (χ3v) is 3.71. The molecule has 2 aromatic carbocycles. The molecule has 114 valence electrons. The summed E-state index contributed by atoms with van der Waals surface area (Å²) in [6, 6.07) is 15.0. The van der Waals surface area contributed by atoms with E-state index in [0.29, 0.717) is 10.6 Å². The Hall–Kier alpha value is -2.65. The largest absolute Gasteiger partial charge is 0.333 e. The van der Waals surface area contributed by atoms with E-state index in [1.165, 1.54) is 0 Å². The van der Waals surface area contributed by atoms with Crippen molar-refractivity contribution < 1.29 is 4.79 Å². The minimum Gasteiger partial charge on any atom is -0.333 e. The van der Waals surface area contributed by atoms with E-state index in [1.807, 2.05) is 47.2 Å². The molecule has 0 bridgehead atoms. The number of ketones is 1. The average molecular weight is 323 g/mol. The lowest BCUT2D eigenvalue weighted by molar-refractivity contribution is 0.104. The lowest BCUT2D eigenvalue weighted by Gasteiger charge is -2.03. The van der Waals surface area contributed by atoms with Gasteiger partial charge in [-0.05, 0) is 29.3 Å². The zero-order chi connectivity index (χ0) is 16.1. The fraction of sp³-hybridized carbons (Fsp3) is 0.0526. The zero-order valence-corrected chi connectivity index (χ0v) is 13.1. The van der Waals surface area contributed by atoms with Crippen LogP contribution in [0.4, 0.5) is 0 Å². The molecule has 0 amide bonds. The lowest BCUT2D eigenvalue weighted by Crippen LogP contribution is -1.98. The van der Waals surface area contributed by atoms with Gasteiger partial charge in [0.1, 0.15) is 0 Å². The standard InChI is InChI=1S/C19H15ClN2O/c20-18-8-3-15(4-9-18)5-10-19(23)17-6-1-16(2-7-17)13-22-12-11-21-14-22/h1-12,14H,13H2/b10-5+. The molecule has 0 saturated carbocycles. The summed E-state index contributed by atoms with van der Waals surface area (Å²) in [7, 11) is 0. The van der Waals surface area contributed by atoms with Gasteiger partial charge in [-0.15, -0.1) is 0 Å². The summed E-state index contributed by atoms with van der Waals surface area (Å²) in [5.74, 6) is -0.0193. The van der Waals surface area contributed by atoms with Crippen LogP contribution in [0.25, 0.3) is 6.08 Å². The van der Waals surface area contributed by atoms with Crippen LogP contribution < -0.4 is 0 Å². The fourth-order valence-electron chi connectivity index (χ4n) is 2.21. The van der Waals surface area contributed by atoms with Crippen LogP contribution in [0.5, 0.6) is 0 Å². The second-order valence-corrected chi connectivity index (χ2v) is 5.62. The van der Waals surface area contributed by atoms with Gasteiger partial charge in [0.25, 0.3) is 0 Å². The van der Waals surface area contributed by atoms with Crippen molar-refractivity contribution in [2.45, 2.75) is 6.54 Å². The molecule has 0 atom stereocenters. The van der Waals surface area contributed by atoms with Crippen LogP contribution in [0.1, 0.15) is 21.5 Å². The van der Waals surface area contributed by atoms with E-state index in [1.54, 1.807) is 36.8 Å². The Bertz CT molecular complexity index is 804. The van der Waals surface area contributed by atoms with Gasteiger partial charge >= 0.3 is 0 Å². The third-order valence-electron chi connectivity index (χ3n) is 3.46. The number of aromatic nitrogens is 2. The van der Waals surface area contributed by atoms with E-state index < -0.39 is 0 Å². The van der Waals surface area contributed by atoms with Gasteiger partial charge < -0.3 is 4.57 Å². The summed E-state index contributed by atoms with van der Waals surface area (Å²) in [5, 5.41) is 0.682. The Labute approximate surface area is 139 Å². The molecule has 0 fully saturated rings. The number of carbonyl (C=O) groups excluding carboxylic acids is 1. The van der Waals surface area contributed by atoms with Crippen LogP contribution in [0.2, 0.25) is 5.02 Å². The predicted octanol–water partition coefficient (Wildman–Crippen LogP) is 4.48. The number of benzene rings is 2. The Kier molecular flexibility index (Phi) is 4.69. The molecule has 3 aromatic rings. The van der Waals surface area contributed by atoms with Crippen LogP contribution in [-0.2, 0) is 6.54 Å². The molecule has 1 heterocycles. The van der Waals surface area contributed by atoms with Crippen molar-refractivity contribution in [3.8, 4) is 0 Å². The SMILES string of the molecule is O=C(/C=C/c1ccc(Cl)cc1)c1ccc(Cn2ccnc2)cc1. The van der Waals surface area contributed by atoms with E-state index in [2.05, 4.69) is 4.98 Å². The van der Waals surface area contributed by atoms with Crippen molar-refractivity contribution in [3.63, 3.8) is 0 Å². The predicted molar refractivity (Wildman–Crippen MR) is 92.6 cm³/mol. The minimum absolute atomic E-state index is 0.0193. The van der Waals surface area contributed by atoms with Crippen molar-refractivity contribution in [2.75, 3.05) is 0 Å². The summed E-state index contributed by atoms with van der Waals surface area (Å²) in [6.45, 7) is 0.745. The maximum absolute atomic E-state index is 12.2. The monoisotopic (exact) mass is 322 g/mol. The molecule has 0 spiro atoms. The number of hydrogen-bond acceptors (Lipinski definition) is 2. The van der Waals surface area contributed by atoms with E-state index >= 15 is 0 Å². The van der Waals surface area contributed by atoms with E-state index in [-0.39, 0.29) is 5.78 Å². The number of carbonyl (C=O) groups is 1. The number of hydrogen-bond donors (Lipinski definition) is 0. The zero-order valence-electron chi connectivity index (χ0n) is 12.4. The first-order chi connectivity index (χ1) is 11.2. The summed E-state index contributed by atoms with van der Waals surface area (Å²) < 4.78 is 1.98. The van der Waals surface area contributed by atoms with Gasteiger partial charge in [0.2, 0.25) is 0 Å². The first kappa shape index (κ1) is 15.3. The molecular formula is C19H15ClN2O. The number of nitrogens with zero attached hydrogens (tertiary/aromatic N) is 2. The number of rotatable bonds is 5. The summed E-state index contributed by atoms with van der Waals surface area (Å²) in [4.78, 5) is 16.2. The highest BCUT2D eigenvalue weighted by Gasteiger charge is 2.02. The van der Waals surface area contributed by atoms with E-state index in [4.69, 9.17) is 11.6 Å². The summed E-state index contributed by atoms with van der Waals surface area (Å²) in [5.41, 5.74) is 2.74. The van der Waals surface area contributed by atoms with Gasteiger partial charge in [-0.3, -0.25) is 4.79 Å². The molecule has 0 aliphatic heterocycles. The van der Waals surface area contributed by atoms with Gasteiger partial charge in [-0.25, -0.2) is 4.98 Å². The van der Waals surface area contributed by atoms with Gasteiger partial charge in [0, 0.05) is 29.5 Å². The van der Waals surface area contributed by atoms with Gasteiger partial charge in [0.15, 0.2) is 5.78 Å². The van der Waals surface area contributed by atoms with E-state index in [9.17, 15) is 4.79 Å². The molecule has 0 saturated heterocycles. The quantitative estimate of drug-likeness (QED) is 0.512. The number of imidazole rings is 1. The molecule has 0 aliphatic carbocycles. The smallest absolute Gasteiger partial charge is 0.185 e. The summed E-state index contributed by atoms with van der Waals surface area (Å²) >= 11 is 5.84. The van der Waals surface area contributed by atoms with Crippen molar-refractivity contribution in [3.05, 3.63) is 95.0 Å². The molecule has 4 heteroatoms. The van der Waals surface area contributed by atoms with Crippen LogP contribution >= 0.6 is 11.6 Å². The highest BCUT2D eigenvalue weighted by Crippen LogP contribution is 2.12. The third kappa shape index (κ3) is 4.18. The molecule has 23 heavy (non-hydrogen) atoms. The van der Waals surface area contributed by atoms with Crippen molar-refractivity contribution in [1.82, 2.24) is 9.55 Å². The van der Waals surface area contributed by atoms with E-state index in [0.717, 1.165) is 17.7 Å². The normalized spacial score (nSPS) is 11.0. The molecule has 3 nitrogen and oxygen atoms in total. The highest BCUT2D eigenvalue weighted by atomic mass is 35.5.